The number of carbonyl (C=O) groups excluding carboxylic acids is 2. The summed E-state index contributed by atoms with van der Waals surface area (Å²) in [5, 5.41) is 22.3. The lowest BCUT2D eigenvalue weighted by molar-refractivity contribution is -0.161. The Balaban J connectivity index is 1.33. The predicted octanol–water partition coefficient (Wildman–Crippen LogP) is 12.5. The van der Waals surface area contributed by atoms with Crippen molar-refractivity contribution >= 4 is 11.9 Å². The van der Waals surface area contributed by atoms with Crippen molar-refractivity contribution in [3.8, 4) is 11.5 Å². The number of carbonyl (C=O) groups is 2. The van der Waals surface area contributed by atoms with E-state index in [2.05, 4.69) is 185 Å². The van der Waals surface area contributed by atoms with Gasteiger partial charge in [-0.05, 0) is 123 Å². The van der Waals surface area contributed by atoms with Crippen LogP contribution in [0.3, 0.4) is 0 Å². The summed E-state index contributed by atoms with van der Waals surface area (Å²) in [6, 6.07) is 8.24. The van der Waals surface area contributed by atoms with Crippen LogP contribution in [0.15, 0.2) is 36.4 Å². The van der Waals surface area contributed by atoms with E-state index < -0.39 is 0 Å². The zero-order valence-corrected chi connectivity index (χ0v) is 44.1. The molecule has 2 fully saturated rings. The summed E-state index contributed by atoms with van der Waals surface area (Å²) in [5.74, 6) is 0.369. The molecule has 2 aromatic carbocycles. The number of likely N-dealkylation sites (tertiary alicyclic amines) is 2. The Morgan fingerprint density at radius 1 is 0.516 bits per heavy atom. The summed E-state index contributed by atoms with van der Waals surface area (Å²) in [7, 11) is 0. The van der Waals surface area contributed by atoms with E-state index in [4.69, 9.17) is 9.47 Å². The van der Waals surface area contributed by atoms with Gasteiger partial charge >= 0.3 is 11.9 Å². The number of nitrogens with zero attached hydrogens (tertiary/aromatic N) is 2. The number of phenols is 2. The van der Waals surface area contributed by atoms with Crippen LogP contribution < -0.4 is 0 Å². The first-order chi connectivity index (χ1) is 28.8. The molecule has 2 aliphatic heterocycles. The summed E-state index contributed by atoms with van der Waals surface area (Å²) >= 11 is 0. The number of piperidine rings is 2. The molecule has 0 atom stereocenters. The largest absolute Gasteiger partial charge is 0.507 e. The monoisotopic (exact) mass is 887 g/mol. The van der Waals surface area contributed by atoms with Gasteiger partial charge in [-0.3, -0.25) is 19.4 Å². The molecule has 8 nitrogen and oxygen atoms in total. The summed E-state index contributed by atoms with van der Waals surface area (Å²) < 4.78 is 12.4. The van der Waals surface area contributed by atoms with Gasteiger partial charge in [0.25, 0.3) is 0 Å². The molecular weight excluding hydrogens is 797 g/mol. The highest BCUT2D eigenvalue weighted by atomic mass is 16.5. The van der Waals surface area contributed by atoms with Gasteiger partial charge in [0.1, 0.15) is 23.7 Å². The van der Waals surface area contributed by atoms with Crippen molar-refractivity contribution in [2.24, 2.45) is 0 Å². The lowest BCUT2D eigenvalue weighted by Gasteiger charge is -2.55. The summed E-state index contributed by atoms with van der Waals surface area (Å²) in [5.41, 5.74) is 4.07. The number of hydrogen-bond acceptors (Lipinski definition) is 8. The predicted molar refractivity (Wildman–Crippen MR) is 265 cm³/mol. The van der Waals surface area contributed by atoms with E-state index in [1.54, 1.807) is 0 Å². The van der Waals surface area contributed by atoms with Crippen LogP contribution in [0.2, 0.25) is 0 Å². The van der Waals surface area contributed by atoms with Gasteiger partial charge in [0.15, 0.2) is 0 Å². The fourth-order valence-electron chi connectivity index (χ4n) is 10.9. The van der Waals surface area contributed by atoms with Crippen LogP contribution in [0.5, 0.6) is 11.5 Å². The van der Waals surface area contributed by atoms with Gasteiger partial charge in [-0.1, -0.05) is 120 Å². The number of aryl methyl sites for hydroxylation is 2. The summed E-state index contributed by atoms with van der Waals surface area (Å²) in [4.78, 5) is 31.9. The van der Waals surface area contributed by atoms with Gasteiger partial charge in [0, 0.05) is 73.8 Å². The average Bonchev–Trinajstić information content (AvgIpc) is 3.07. The second kappa shape index (κ2) is 18.7. The van der Waals surface area contributed by atoms with E-state index in [9.17, 15) is 19.8 Å². The molecule has 2 saturated heterocycles. The Hall–Kier alpha value is -3.36. The molecular formula is C56H90N2O6. The van der Waals surface area contributed by atoms with Gasteiger partial charge in [0.2, 0.25) is 0 Å². The standard InChI is InChI=1S/C56H90N2O6/c1-49(2,3)41-29-37(30-42(47(41)61)50(4,5)6)23-25-45(59)63-39-33-53(13,14)57(54(15,16)34-39)27-21-22-28-58-55(17,18)35-40(36-56(58,19)20)64-46(60)26-24-38-31-43(51(7,8)9)48(62)44(32-38)52(10,11)12/h21-22,29-32,39-40,61-62H,23-28,33-36H2,1-20H3/b22-21+. The summed E-state index contributed by atoms with van der Waals surface area (Å²) in [6.45, 7) is 45.0. The third kappa shape index (κ3) is 13.2. The minimum Gasteiger partial charge on any atom is -0.507 e. The van der Waals surface area contributed by atoms with Crippen LogP contribution in [0.25, 0.3) is 0 Å². The minimum atomic E-state index is -0.226. The Labute approximate surface area is 390 Å². The normalized spacial score (nSPS) is 20.1. The quantitative estimate of drug-likeness (QED) is 0.161. The molecule has 0 bridgehead atoms. The molecule has 0 amide bonds. The number of esters is 2. The molecule has 2 aliphatic rings. The van der Waals surface area contributed by atoms with Gasteiger partial charge in [-0.15, -0.1) is 0 Å². The molecule has 4 rings (SSSR count). The van der Waals surface area contributed by atoms with Gasteiger partial charge in [0.05, 0.1) is 0 Å². The number of rotatable bonds is 12. The highest BCUT2D eigenvalue weighted by Crippen LogP contribution is 2.44. The topological polar surface area (TPSA) is 99.5 Å². The highest BCUT2D eigenvalue weighted by molar-refractivity contribution is 5.70. The molecule has 0 aliphatic carbocycles. The van der Waals surface area contributed by atoms with Crippen LogP contribution in [0.1, 0.15) is 210 Å². The molecule has 0 radical (unpaired) electrons. The Kier molecular flexibility index (Phi) is 15.6. The summed E-state index contributed by atoms with van der Waals surface area (Å²) in [6.07, 6.45) is 9.02. The van der Waals surface area contributed by atoms with Gasteiger partial charge in [-0.25, -0.2) is 0 Å². The Morgan fingerprint density at radius 2 is 0.750 bits per heavy atom. The molecule has 0 spiro atoms. The molecule has 0 saturated carbocycles. The van der Waals surface area contributed by atoms with Crippen LogP contribution >= 0.6 is 0 Å². The number of phenolic OH excluding ortho intramolecular Hbond substituents is 2. The van der Waals surface area contributed by atoms with E-state index in [-0.39, 0.29) is 68.0 Å². The molecule has 8 heteroatoms. The smallest absolute Gasteiger partial charge is 0.306 e. The molecule has 2 aromatic rings. The van der Waals surface area contributed by atoms with Crippen molar-refractivity contribution in [3.63, 3.8) is 0 Å². The van der Waals surface area contributed by atoms with Crippen molar-refractivity contribution in [1.29, 1.82) is 0 Å². The maximum atomic E-state index is 13.4. The van der Waals surface area contributed by atoms with E-state index >= 15 is 0 Å². The van der Waals surface area contributed by atoms with Crippen LogP contribution in [0.4, 0.5) is 0 Å². The molecule has 2 heterocycles. The zero-order chi connectivity index (χ0) is 48.8. The first-order valence-corrected chi connectivity index (χ1v) is 24.2. The number of ether oxygens (including phenoxy) is 2. The first-order valence-electron chi connectivity index (χ1n) is 24.2. The van der Waals surface area contributed by atoms with E-state index in [0.29, 0.717) is 37.2 Å². The minimum absolute atomic E-state index is 0.166. The fourth-order valence-corrected chi connectivity index (χ4v) is 10.9. The Morgan fingerprint density at radius 3 is 0.969 bits per heavy atom. The van der Waals surface area contributed by atoms with Crippen molar-refractivity contribution in [2.75, 3.05) is 13.1 Å². The van der Waals surface area contributed by atoms with Crippen molar-refractivity contribution in [1.82, 2.24) is 9.80 Å². The second-order valence-corrected chi connectivity index (χ2v) is 26.1. The van der Waals surface area contributed by atoms with E-state index in [0.717, 1.165) is 72.2 Å². The fraction of sp³-hybridized carbons (Fsp3) is 0.714. The zero-order valence-electron chi connectivity index (χ0n) is 44.1. The molecule has 0 aromatic heterocycles. The molecule has 2 N–H and O–H groups in total. The number of hydrogen-bond donors (Lipinski definition) is 2. The van der Waals surface area contributed by atoms with Crippen molar-refractivity contribution < 1.29 is 29.3 Å². The third-order valence-electron chi connectivity index (χ3n) is 14.0. The Bertz CT molecular complexity index is 1760. The van der Waals surface area contributed by atoms with Crippen LogP contribution in [0, 0.1) is 0 Å². The van der Waals surface area contributed by atoms with E-state index in [1.165, 1.54) is 0 Å². The van der Waals surface area contributed by atoms with E-state index in [1.807, 2.05) is 0 Å². The highest BCUT2D eigenvalue weighted by Gasteiger charge is 2.47. The number of aromatic hydroxyl groups is 2. The third-order valence-corrected chi connectivity index (χ3v) is 14.0. The molecule has 0 unspecified atom stereocenters. The first kappa shape index (κ1) is 53.3. The lowest BCUT2D eigenvalue weighted by atomic mass is 9.77. The van der Waals surface area contributed by atoms with Crippen molar-refractivity contribution in [3.05, 3.63) is 69.8 Å². The maximum Gasteiger partial charge on any atom is 0.306 e. The van der Waals surface area contributed by atoms with Crippen molar-refractivity contribution in [2.45, 2.75) is 246 Å². The average molecular weight is 887 g/mol. The SMILES string of the molecule is CC(C)(C)c1cc(CCC(=O)OC2CC(C)(C)N(C/C=C/CN3C(C)(C)CC(OC(=O)CCc4cc(C(C)(C)C)c(O)c(C(C)(C)C)c4)CC3(C)C)C(C)(C)C2)cc(C(C)(C)C)c1O. The molecule has 360 valence electrons. The van der Waals surface area contributed by atoms with Crippen LogP contribution in [-0.2, 0) is 53.6 Å². The second-order valence-electron chi connectivity index (χ2n) is 26.1. The van der Waals surface area contributed by atoms with Crippen LogP contribution in [-0.4, -0.2) is 79.4 Å². The van der Waals surface area contributed by atoms with Gasteiger partial charge < -0.3 is 19.7 Å². The maximum absolute atomic E-state index is 13.4. The van der Waals surface area contributed by atoms with Gasteiger partial charge in [-0.2, -0.15) is 0 Å². The molecule has 64 heavy (non-hydrogen) atoms. The number of benzene rings is 2. The lowest BCUT2D eigenvalue weighted by Crippen LogP contribution is -2.62.